The van der Waals surface area contributed by atoms with Gasteiger partial charge in [-0.25, -0.2) is 0 Å². The van der Waals surface area contributed by atoms with Gasteiger partial charge in [0.1, 0.15) is 0 Å². The Bertz CT molecular complexity index is 620. The van der Waals surface area contributed by atoms with Crippen molar-refractivity contribution >= 4 is 5.91 Å². The smallest absolute Gasteiger partial charge is 0.351 e. The molecule has 3 rings (SSSR count). The summed E-state index contributed by atoms with van der Waals surface area (Å²) in [5.74, 6) is 0.932. The molecule has 1 amide bonds. The first-order valence-electron chi connectivity index (χ1n) is 8.23. The third kappa shape index (κ3) is 3.55. The summed E-state index contributed by atoms with van der Waals surface area (Å²) in [5.41, 5.74) is -1.24. The van der Waals surface area contributed by atoms with Crippen molar-refractivity contribution in [3.8, 4) is 0 Å². The molecular formula is C17H22F3N3O. The van der Waals surface area contributed by atoms with Crippen LogP contribution < -0.4 is 10.6 Å². The van der Waals surface area contributed by atoms with Crippen molar-refractivity contribution in [1.82, 2.24) is 15.6 Å². The van der Waals surface area contributed by atoms with Gasteiger partial charge in [0, 0.05) is 17.7 Å². The molecule has 1 saturated heterocycles. The first-order chi connectivity index (χ1) is 11.2. The fourth-order valence-corrected chi connectivity index (χ4v) is 3.61. The second-order valence-corrected chi connectivity index (χ2v) is 7.38. The Morgan fingerprint density at radius 3 is 2.62 bits per heavy atom. The standard InChI is InChI=1S/C17H22F3N3O/c1-16(2,23-15(24)14-10-8-21-9-11(10)14)6-5-13-12(17(18,19)20)4-3-7-22-13/h3-4,7,10-11,14,21H,5-6,8-9H2,1-2H3,(H,23,24). The van der Waals surface area contributed by atoms with Crippen LogP contribution in [0.15, 0.2) is 18.3 Å². The number of piperidine rings is 1. The van der Waals surface area contributed by atoms with E-state index in [2.05, 4.69) is 15.6 Å². The summed E-state index contributed by atoms with van der Waals surface area (Å²) < 4.78 is 39.0. The third-order valence-corrected chi connectivity index (χ3v) is 5.04. The van der Waals surface area contributed by atoms with Gasteiger partial charge in [-0.15, -0.1) is 0 Å². The minimum Gasteiger partial charge on any atom is -0.351 e. The highest BCUT2D eigenvalue weighted by atomic mass is 19.4. The maximum Gasteiger partial charge on any atom is 0.418 e. The summed E-state index contributed by atoms with van der Waals surface area (Å²) in [4.78, 5) is 16.2. The number of nitrogens with zero attached hydrogens (tertiary/aromatic N) is 1. The first kappa shape index (κ1) is 17.2. The minimum absolute atomic E-state index is 0.0218. The number of halogens is 3. The van der Waals surface area contributed by atoms with E-state index in [9.17, 15) is 18.0 Å². The quantitative estimate of drug-likeness (QED) is 0.865. The molecule has 4 nitrogen and oxygen atoms in total. The summed E-state index contributed by atoms with van der Waals surface area (Å²) in [6.45, 7) is 5.45. The largest absolute Gasteiger partial charge is 0.418 e. The number of carbonyl (C=O) groups excluding carboxylic acids is 1. The van der Waals surface area contributed by atoms with Gasteiger partial charge in [0.25, 0.3) is 0 Å². The minimum atomic E-state index is -4.41. The molecule has 1 aliphatic heterocycles. The van der Waals surface area contributed by atoms with Crippen LogP contribution in [0.3, 0.4) is 0 Å². The zero-order valence-corrected chi connectivity index (χ0v) is 13.8. The van der Waals surface area contributed by atoms with Gasteiger partial charge >= 0.3 is 6.18 Å². The van der Waals surface area contributed by atoms with E-state index in [1.165, 1.54) is 12.3 Å². The van der Waals surface area contributed by atoms with Crippen LogP contribution in [0.2, 0.25) is 0 Å². The molecule has 0 bridgehead atoms. The molecule has 1 aromatic rings. The van der Waals surface area contributed by atoms with E-state index in [0.717, 1.165) is 19.2 Å². The topological polar surface area (TPSA) is 54.0 Å². The lowest BCUT2D eigenvalue weighted by molar-refractivity contribution is -0.138. The summed E-state index contributed by atoms with van der Waals surface area (Å²) >= 11 is 0. The molecule has 1 saturated carbocycles. The van der Waals surface area contributed by atoms with Crippen LogP contribution in [0.5, 0.6) is 0 Å². The van der Waals surface area contributed by atoms with E-state index in [-0.39, 0.29) is 23.9 Å². The van der Waals surface area contributed by atoms with Crippen molar-refractivity contribution in [2.45, 2.75) is 38.4 Å². The van der Waals surface area contributed by atoms with Crippen molar-refractivity contribution in [3.05, 3.63) is 29.6 Å². The lowest BCUT2D eigenvalue weighted by Crippen LogP contribution is -2.45. The first-order valence-corrected chi connectivity index (χ1v) is 8.23. The molecule has 2 unspecified atom stereocenters. The zero-order chi connectivity index (χ0) is 17.5. The normalized spacial score (nSPS) is 26.1. The number of rotatable bonds is 5. The van der Waals surface area contributed by atoms with Crippen molar-refractivity contribution in [3.63, 3.8) is 0 Å². The molecule has 2 atom stereocenters. The second kappa shape index (κ2) is 6.02. The fourth-order valence-electron chi connectivity index (χ4n) is 3.61. The average molecular weight is 341 g/mol. The molecule has 2 N–H and O–H groups in total. The summed E-state index contributed by atoms with van der Waals surface area (Å²) in [7, 11) is 0. The number of aromatic nitrogens is 1. The van der Waals surface area contributed by atoms with Gasteiger partial charge in [-0.05, 0) is 63.7 Å². The fraction of sp³-hybridized carbons (Fsp3) is 0.647. The van der Waals surface area contributed by atoms with Crippen LogP contribution in [-0.2, 0) is 17.4 Å². The maximum atomic E-state index is 13.0. The number of nitrogens with one attached hydrogen (secondary N) is 2. The van der Waals surface area contributed by atoms with E-state index in [0.29, 0.717) is 18.3 Å². The number of amides is 1. The summed E-state index contributed by atoms with van der Waals surface area (Å²) in [6, 6.07) is 2.34. The van der Waals surface area contributed by atoms with Gasteiger partial charge in [0.2, 0.25) is 5.91 Å². The molecular weight excluding hydrogens is 319 g/mol. The monoisotopic (exact) mass is 341 g/mol. The van der Waals surface area contributed by atoms with Gasteiger partial charge in [0.15, 0.2) is 0 Å². The van der Waals surface area contributed by atoms with E-state index >= 15 is 0 Å². The zero-order valence-electron chi connectivity index (χ0n) is 13.8. The Hall–Kier alpha value is -1.63. The molecule has 1 aromatic heterocycles. The average Bonchev–Trinajstić information content (AvgIpc) is 2.98. The molecule has 2 fully saturated rings. The Labute approximate surface area is 139 Å². The van der Waals surface area contributed by atoms with Crippen LogP contribution in [0.4, 0.5) is 13.2 Å². The molecule has 0 radical (unpaired) electrons. The SMILES string of the molecule is CC(C)(CCc1ncccc1C(F)(F)F)NC(=O)C1C2CNCC21. The second-order valence-electron chi connectivity index (χ2n) is 7.38. The van der Waals surface area contributed by atoms with E-state index in [1.807, 2.05) is 13.8 Å². The number of carbonyl (C=O) groups is 1. The lowest BCUT2D eigenvalue weighted by Gasteiger charge is -2.27. The van der Waals surface area contributed by atoms with Crippen LogP contribution in [-0.4, -0.2) is 29.5 Å². The van der Waals surface area contributed by atoms with Crippen LogP contribution in [0, 0.1) is 17.8 Å². The molecule has 2 aliphatic rings. The highest BCUT2D eigenvalue weighted by Crippen LogP contribution is 2.48. The Balaban J connectivity index is 1.58. The van der Waals surface area contributed by atoms with Gasteiger partial charge < -0.3 is 10.6 Å². The Kier molecular flexibility index (Phi) is 4.32. The van der Waals surface area contributed by atoms with E-state index < -0.39 is 17.3 Å². The van der Waals surface area contributed by atoms with E-state index in [4.69, 9.17) is 0 Å². The molecule has 132 valence electrons. The maximum absolute atomic E-state index is 13.0. The predicted molar refractivity (Wildman–Crippen MR) is 83.1 cm³/mol. The highest BCUT2D eigenvalue weighted by Gasteiger charge is 2.57. The lowest BCUT2D eigenvalue weighted by atomic mass is 9.95. The van der Waals surface area contributed by atoms with Gasteiger partial charge in [-0.3, -0.25) is 9.78 Å². The number of fused-ring (bicyclic) bond motifs is 1. The Morgan fingerprint density at radius 1 is 1.33 bits per heavy atom. The van der Waals surface area contributed by atoms with Gasteiger partial charge in [-0.2, -0.15) is 13.2 Å². The van der Waals surface area contributed by atoms with Crippen molar-refractivity contribution in [1.29, 1.82) is 0 Å². The molecule has 7 heteroatoms. The van der Waals surface area contributed by atoms with Crippen molar-refractivity contribution in [2.75, 3.05) is 13.1 Å². The summed E-state index contributed by atoms with van der Waals surface area (Å²) in [5, 5.41) is 6.24. The predicted octanol–water partition coefficient (Wildman–Crippen LogP) is 2.39. The Morgan fingerprint density at radius 2 is 2.00 bits per heavy atom. The highest BCUT2D eigenvalue weighted by molar-refractivity contribution is 5.83. The molecule has 0 aromatic carbocycles. The van der Waals surface area contributed by atoms with Gasteiger partial charge in [-0.1, -0.05) is 0 Å². The number of hydrogen-bond acceptors (Lipinski definition) is 3. The molecule has 1 aliphatic carbocycles. The number of aryl methyl sites for hydroxylation is 1. The summed E-state index contributed by atoms with van der Waals surface area (Å²) in [6.07, 6.45) is -2.47. The third-order valence-electron chi connectivity index (χ3n) is 5.04. The number of hydrogen-bond donors (Lipinski definition) is 2. The van der Waals surface area contributed by atoms with Crippen LogP contribution in [0.25, 0.3) is 0 Å². The molecule has 2 heterocycles. The molecule has 24 heavy (non-hydrogen) atoms. The number of alkyl halides is 3. The molecule has 0 spiro atoms. The van der Waals surface area contributed by atoms with Crippen LogP contribution >= 0.6 is 0 Å². The van der Waals surface area contributed by atoms with Crippen LogP contribution in [0.1, 0.15) is 31.5 Å². The van der Waals surface area contributed by atoms with Crippen molar-refractivity contribution in [2.24, 2.45) is 17.8 Å². The van der Waals surface area contributed by atoms with Gasteiger partial charge in [0.05, 0.1) is 11.3 Å². The number of pyridine rings is 1. The van der Waals surface area contributed by atoms with E-state index in [1.54, 1.807) is 0 Å². The van der Waals surface area contributed by atoms with Crippen molar-refractivity contribution < 1.29 is 18.0 Å².